The molecule has 0 bridgehead atoms. The Morgan fingerprint density at radius 1 is 1.45 bits per heavy atom. The Hall–Kier alpha value is -1.56. The summed E-state index contributed by atoms with van der Waals surface area (Å²) >= 11 is 3.23. The number of hydrogen-bond donors (Lipinski definition) is 1. The van der Waals surface area contributed by atoms with Gasteiger partial charge in [0.1, 0.15) is 5.75 Å². The Morgan fingerprint density at radius 2 is 2.20 bits per heavy atom. The maximum atomic E-state index is 12.4. The Kier molecular flexibility index (Phi) is 4.65. The summed E-state index contributed by atoms with van der Waals surface area (Å²) in [6, 6.07) is 4.76. The number of phenols is 1. The molecule has 1 aromatic carbocycles. The molecular weight excluding hydrogens is 326 g/mol. The van der Waals surface area contributed by atoms with Crippen LogP contribution in [0.15, 0.2) is 22.7 Å². The van der Waals surface area contributed by atoms with E-state index in [-0.39, 0.29) is 29.1 Å². The lowest BCUT2D eigenvalue weighted by Gasteiger charge is -2.31. The van der Waals surface area contributed by atoms with Gasteiger partial charge in [0, 0.05) is 17.6 Å². The van der Waals surface area contributed by atoms with Crippen LogP contribution in [-0.4, -0.2) is 42.1 Å². The molecule has 1 saturated heterocycles. The number of rotatable bonds is 2. The summed E-state index contributed by atoms with van der Waals surface area (Å²) in [4.78, 5) is 25.5. The van der Waals surface area contributed by atoms with E-state index < -0.39 is 0 Å². The highest BCUT2D eigenvalue weighted by Gasteiger charge is 2.30. The summed E-state index contributed by atoms with van der Waals surface area (Å²) in [5.74, 6) is -0.897. The minimum atomic E-state index is -0.289. The van der Waals surface area contributed by atoms with Crippen LogP contribution in [0.5, 0.6) is 5.75 Å². The standard InChI is InChI=1S/C14H16BrNO4/c1-20-14(19)9-3-2-6-16(8-9)13(18)11-5-4-10(15)7-12(11)17/h4-5,7,9,17H,2-3,6,8H2,1H3/t9-/m0/s1. The second-order valence-electron chi connectivity index (χ2n) is 4.77. The average molecular weight is 342 g/mol. The van der Waals surface area contributed by atoms with Crippen LogP contribution in [0.25, 0.3) is 0 Å². The van der Waals surface area contributed by atoms with E-state index in [9.17, 15) is 14.7 Å². The maximum Gasteiger partial charge on any atom is 0.310 e. The molecule has 1 atom stereocenters. The molecule has 1 amide bonds. The van der Waals surface area contributed by atoms with E-state index >= 15 is 0 Å². The van der Waals surface area contributed by atoms with E-state index in [4.69, 9.17) is 4.74 Å². The summed E-state index contributed by atoms with van der Waals surface area (Å²) in [6.07, 6.45) is 1.48. The number of phenolic OH excluding ortho intramolecular Hbond substituents is 1. The summed E-state index contributed by atoms with van der Waals surface area (Å²) < 4.78 is 5.44. The van der Waals surface area contributed by atoms with Gasteiger partial charge >= 0.3 is 5.97 Å². The molecule has 0 aromatic heterocycles. The first kappa shape index (κ1) is 14.8. The van der Waals surface area contributed by atoms with Gasteiger partial charge in [0.15, 0.2) is 0 Å². The van der Waals surface area contributed by atoms with Crippen molar-refractivity contribution in [3.63, 3.8) is 0 Å². The topological polar surface area (TPSA) is 66.8 Å². The van der Waals surface area contributed by atoms with E-state index in [2.05, 4.69) is 15.9 Å². The summed E-state index contributed by atoms with van der Waals surface area (Å²) in [5, 5.41) is 9.84. The van der Waals surface area contributed by atoms with Crippen LogP contribution in [-0.2, 0) is 9.53 Å². The fraction of sp³-hybridized carbons (Fsp3) is 0.429. The number of carbonyl (C=O) groups excluding carboxylic acids is 2. The molecule has 1 aliphatic heterocycles. The molecule has 6 heteroatoms. The van der Waals surface area contributed by atoms with Crippen molar-refractivity contribution in [2.45, 2.75) is 12.8 Å². The Bertz CT molecular complexity index is 532. The van der Waals surface area contributed by atoms with Gasteiger partial charge in [0.05, 0.1) is 18.6 Å². The van der Waals surface area contributed by atoms with Gasteiger partial charge in [-0.25, -0.2) is 0 Å². The maximum absolute atomic E-state index is 12.4. The highest BCUT2D eigenvalue weighted by molar-refractivity contribution is 9.10. The van der Waals surface area contributed by atoms with Gasteiger partial charge in [-0.05, 0) is 31.0 Å². The Labute approximate surface area is 125 Å². The molecule has 0 radical (unpaired) electrons. The number of methoxy groups -OCH3 is 1. The molecule has 0 saturated carbocycles. The molecule has 0 aliphatic carbocycles. The SMILES string of the molecule is COC(=O)[C@H]1CCCN(C(=O)c2ccc(Br)cc2O)C1. The number of carbonyl (C=O) groups is 2. The quantitative estimate of drug-likeness (QED) is 0.837. The summed E-state index contributed by atoms with van der Waals surface area (Å²) in [5.41, 5.74) is 0.249. The minimum absolute atomic E-state index is 0.0652. The molecule has 0 unspecified atom stereocenters. The summed E-state index contributed by atoms with van der Waals surface area (Å²) in [6.45, 7) is 0.919. The number of likely N-dealkylation sites (tertiary alicyclic amines) is 1. The van der Waals surface area contributed by atoms with Crippen LogP contribution in [0.2, 0.25) is 0 Å². The molecule has 108 valence electrons. The number of aromatic hydroxyl groups is 1. The van der Waals surface area contributed by atoms with E-state index in [1.807, 2.05) is 0 Å². The zero-order valence-electron chi connectivity index (χ0n) is 11.1. The third kappa shape index (κ3) is 3.12. The van der Waals surface area contributed by atoms with E-state index in [0.717, 1.165) is 12.8 Å². The zero-order chi connectivity index (χ0) is 14.7. The first-order valence-corrected chi connectivity index (χ1v) is 7.18. The molecule has 2 rings (SSSR count). The first-order valence-electron chi connectivity index (χ1n) is 6.38. The molecular formula is C14H16BrNO4. The van der Waals surface area contributed by atoms with Crippen molar-refractivity contribution in [2.24, 2.45) is 5.92 Å². The normalized spacial score (nSPS) is 18.7. The number of piperidine rings is 1. The number of benzene rings is 1. The highest BCUT2D eigenvalue weighted by atomic mass is 79.9. The largest absolute Gasteiger partial charge is 0.507 e. The Balaban J connectivity index is 2.14. The van der Waals surface area contributed by atoms with Gasteiger partial charge < -0.3 is 14.7 Å². The number of hydrogen-bond acceptors (Lipinski definition) is 4. The van der Waals surface area contributed by atoms with Crippen LogP contribution in [0, 0.1) is 5.92 Å². The third-order valence-electron chi connectivity index (χ3n) is 3.43. The molecule has 1 fully saturated rings. The molecule has 0 spiro atoms. The molecule has 1 N–H and O–H groups in total. The summed E-state index contributed by atoms with van der Waals surface area (Å²) in [7, 11) is 1.35. The molecule has 1 aliphatic rings. The van der Waals surface area contributed by atoms with Crippen LogP contribution in [0.3, 0.4) is 0 Å². The van der Waals surface area contributed by atoms with Crippen molar-refractivity contribution in [1.29, 1.82) is 0 Å². The minimum Gasteiger partial charge on any atom is -0.507 e. The second kappa shape index (κ2) is 6.26. The van der Waals surface area contributed by atoms with Gasteiger partial charge in [0.2, 0.25) is 0 Å². The lowest BCUT2D eigenvalue weighted by Crippen LogP contribution is -2.42. The molecule has 1 aromatic rings. The van der Waals surface area contributed by atoms with Crippen molar-refractivity contribution >= 4 is 27.8 Å². The fourth-order valence-electron chi connectivity index (χ4n) is 2.38. The molecule has 1 heterocycles. The van der Waals surface area contributed by atoms with E-state index in [1.165, 1.54) is 13.2 Å². The van der Waals surface area contributed by atoms with Gasteiger partial charge in [-0.15, -0.1) is 0 Å². The predicted molar refractivity (Wildman–Crippen MR) is 76.5 cm³/mol. The van der Waals surface area contributed by atoms with Crippen molar-refractivity contribution in [1.82, 2.24) is 4.90 Å². The van der Waals surface area contributed by atoms with Crippen molar-refractivity contribution in [3.05, 3.63) is 28.2 Å². The van der Waals surface area contributed by atoms with Gasteiger partial charge in [0.25, 0.3) is 5.91 Å². The second-order valence-corrected chi connectivity index (χ2v) is 5.69. The number of halogens is 1. The van der Waals surface area contributed by atoms with Crippen molar-refractivity contribution in [3.8, 4) is 5.75 Å². The molecule has 20 heavy (non-hydrogen) atoms. The first-order chi connectivity index (χ1) is 9.52. The van der Waals surface area contributed by atoms with E-state index in [0.29, 0.717) is 17.6 Å². The van der Waals surface area contributed by atoms with E-state index in [1.54, 1.807) is 17.0 Å². The van der Waals surface area contributed by atoms with Crippen LogP contribution < -0.4 is 0 Å². The number of ether oxygens (including phenoxy) is 1. The average Bonchev–Trinajstić information content (AvgIpc) is 2.46. The van der Waals surface area contributed by atoms with Crippen molar-refractivity contribution in [2.75, 3.05) is 20.2 Å². The number of amides is 1. The van der Waals surface area contributed by atoms with Crippen LogP contribution in [0.1, 0.15) is 23.2 Å². The smallest absolute Gasteiger partial charge is 0.310 e. The highest BCUT2D eigenvalue weighted by Crippen LogP contribution is 2.26. The fourth-order valence-corrected chi connectivity index (χ4v) is 2.73. The monoisotopic (exact) mass is 341 g/mol. The van der Waals surface area contributed by atoms with Crippen molar-refractivity contribution < 1.29 is 19.4 Å². The van der Waals surface area contributed by atoms with Gasteiger partial charge in [-0.1, -0.05) is 15.9 Å². The van der Waals surface area contributed by atoms with Gasteiger partial charge in [-0.3, -0.25) is 9.59 Å². The van der Waals surface area contributed by atoms with Crippen LogP contribution in [0.4, 0.5) is 0 Å². The van der Waals surface area contributed by atoms with Crippen LogP contribution >= 0.6 is 15.9 Å². The number of esters is 1. The number of nitrogens with zero attached hydrogens (tertiary/aromatic N) is 1. The molecule has 5 nitrogen and oxygen atoms in total. The lowest BCUT2D eigenvalue weighted by molar-refractivity contribution is -0.146. The third-order valence-corrected chi connectivity index (χ3v) is 3.93. The van der Waals surface area contributed by atoms with Gasteiger partial charge in [-0.2, -0.15) is 0 Å². The lowest BCUT2D eigenvalue weighted by atomic mass is 9.97. The Morgan fingerprint density at radius 3 is 2.85 bits per heavy atom. The predicted octanol–water partition coefficient (Wildman–Crippen LogP) is 2.18. The zero-order valence-corrected chi connectivity index (χ0v) is 12.7.